The molecule has 1 atom stereocenters. The lowest BCUT2D eigenvalue weighted by Gasteiger charge is -2.25. The Kier molecular flexibility index (Phi) is 6.27. The van der Waals surface area contributed by atoms with Crippen LogP contribution in [0.3, 0.4) is 0 Å². The Balaban J connectivity index is 1.80. The van der Waals surface area contributed by atoms with Gasteiger partial charge < -0.3 is 10.1 Å². The lowest BCUT2D eigenvalue weighted by atomic mass is 9.96. The third kappa shape index (κ3) is 4.16. The van der Waals surface area contributed by atoms with Gasteiger partial charge in [-0.25, -0.2) is 8.42 Å². The van der Waals surface area contributed by atoms with E-state index < -0.39 is 10.0 Å². The highest BCUT2D eigenvalue weighted by molar-refractivity contribution is 7.89. The Morgan fingerprint density at radius 2 is 1.93 bits per heavy atom. The summed E-state index contributed by atoms with van der Waals surface area (Å²) in [7, 11) is -3.64. The van der Waals surface area contributed by atoms with Gasteiger partial charge in [-0.1, -0.05) is 43.6 Å². The van der Waals surface area contributed by atoms with Crippen molar-refractivity contribution in [1.29, 1.82) is 0 Å². The van der Waals surface area contributed by atoms with Gasteiger partial charge >= 0.3 is 0 Å². The molecular formula is C20H23ClN2O4S. The molecule has 1 amide bonds. The van der Waals surface area contributed by atoms with E-state index in [1.165, 1.54) is 22.5 Å². The molecule has 1 N–H and O–H groups in total. The Bertz CT molecular complexity index is 974. The number of carbonyl (C=O) groups is 1. The minimum atomic E-state index is -3.64. The lowest BCUT2D eigenvalue weighted by Crippen LogP contribution is -2.33. The molecule has 1 unspecified atom stereocenters. The maximum absolute atomic E-state index is 12.7. The number of fused-ring (bicyclic) bond motifs is 1. The Morgan fingerprint density at radius 1 is 1.21 bits per heavy atom. The topological polar surface area (TPSA) is 75.7 Å². The summed E-state index contributed by atoms with van der Waals surface area (Å²) >= 11 is 6.20. The SMILES string of the molecule is CCN(CC)S(=O)(=O)c1ccc(Cl)c(NC(=O)C2COc3ccccc3C2)c1. The number of carbonyl (C=O) groups excluding carboxylic acids is 1. The molecule has 0 fully saturated rings. The van der Waals surface area contributed by atoms with E-state index in [0.29, 0.717) is 19.5 Å². The van der Waals surface area contributed by atoms with Crippen molar-refractivity contribution in [3.8, 4) is 5.75 Å². The van der Waals surface area contributed by atoms with E-state index in [0.717, 1.165) is 11.3 Å². The van der Waals surface area contributed by atoms with E-state index >= 15 is 0 Å². The van der Waals surface area contributed by atoms with Gasteiger partial charge in [0.05, 0.1) is 21.5 Å². The molecule has 8 heteroatoms. The van der Waals surface area contributed by atoms with Crippen LogP contribution in [-0.2, 0) is 21.2 Å². The monoisotopic (exact) mass is 422 g/mol. The van der Waals surface area contributed by atoms with E-state index in [1.807, 2.05) is 24.3 Å². The summed E-state index contributed by atoms with van der Waals surface area (Å²) in [5, 5.41) is 3.05. The number of hydrogen-bond donors (Lipinski definition) is 1. The molecule has 6 nitrogen and oxygen atoms in total. The second-order valence-electron chi connectivity index (χ2n) is 6.54. The van der Waals surface area contributed by atoms with E-state index in [-0.39, 0.29) is 34.0 Å². The third-order valence-corrected chi connectivity index (χ3v) is 7.16. The number of nitrogens with zero attached hydrogens (tertiary/aromatic N) is 1. The van der Waals surface area contributed by atoms with Gasteiger partial charge in [-0.2, -0.15) is 4.31 Å². The largest absolute Gasteiger partial charge is 0.492 e. The molecule has 3 rings (SSSR count). The molecule has 0 radical (unpaired) electrons. The summed E-state index contributed by atoms with van der Waals surface area (Å²) in [6, 6.07) is 11.9. The van der Waals surface area contributed by atoms with Crippen molar-refractivity contribution in [3.05, 3.63) is 53.1 Å². The average molecular weight is 423 g/mol. The molecule has 150 valence electrons. The molecule has 0 spiro atoms. The first-order chi connectivity index (χ1) is 13.4. The molecule has 0 saturated carbocycles. The van der Waals surface area contributed by atoms with E-state index in [4.69, 9.17) is 16.3 Å². The van der Waals surface area contributed by atoms with Crippen molar-refractivity contribution in [2.24, 2.45) is 5.92 Å². The number of anilines is 1. The first-order valence-corrected chi connectivity index (χ1v) is 11.0. The van der Waals surface area contributed by atoms with Crippen LogP contribution in [0.4, 0.5) is 5.69 Å². The van der Waals surface area contributed by atoms with Crippen LogP contribution >= 0.6 is 11.6 Å². The second-order valence-corrected chi connectivity index (χ2v) is 8.89. The number of hydrogen-bond acceptors (Lipinski definition) is 4. The molecule has 1 aliphatic heterocycles. The van der Waals surface area contributed by atoms with Gasteiger partial charge in [0.15, 0.2) is 0 Å². The maximum atomic E-state index is 12.7. The molecule has 1 aliphatic rings. The summed E-state index contributed by atoms with van der Waals surface area (Å²) < 4.78 is 32.5. The highest BCUT2D eigenvalue weighted by Gasteiger charge is 2.27. The van der Waals surface area contributed by atoms with Gasteiger partial charge in [-0.05, 0) is 36.2 Å². The fourth-order valence-corrected chi connectivity index (χ4v) is 4.85. The zero-order valence-electron chi connectivity index (χ0n) is 15.8. The molecule has 28 heavy (non-hydrogen) atoms. The van der Waals surface area contributed by atoms with Gasteiger partial charge in [0.1, 0.15) is 12.4 Å². The minimum Gasteiger partial charge on any atom is -0.492 e. The first-order valence-electron chi connectivity index (χ1n) is 9.18. The van der Waals surface area contributed by atoms with Gasteiger partial charge in [0.2, 0.25) is 15.9 Å². The fraction of sp³-hybridized carbons (Fsp3) is 0.350. The van der Waals surface area contributed by atoms with Crippen LogP contribution in [0.5, 0.6) is 5.75 Å². The molecule has 0 bridgehead atoms. The molecule has 2 aromatic carbocycles. The third-order valence-electron chi connectivity index (χ3n) is 4.79. The quantitative estimate of drug-likeness (QED) is 0.772. The van der Waals surface area contributed by atoms with Crippen molar-refractivity contribution in [2.75, 3.05) is 25.0 Å². The molecule has 0 saturated heterocycles. The predicted octanol–water partition coefficient (Wildman–Crippen LogP) is 3.56. The maximum Gasteiger partial charge on any atom is 0.243 e. The fourth-order valence-electron chi connectivity index (χ4n) is 3.20. The Labute approximate surface area is 170 Å². The number of ether oxygens (including phenoxy) is 1. The van der Waals surface area contributed by atoms with Gasteiger partial charge in [0, 0.05) is 13.1 Å². The summed E-state index contributed by atoms with van der Waals surface area (Å²) in [6.07, 6.45) is 0.553. The van der Waals surface area contributed by atoms with Crippen LogP contribution in [0.1, 0.15) is 19.4 Å². The number of para-hydroxylation sites is 1. The van der Waals surface area contributed by atoms with Crippen molar-refractivity contribution in [1.82, 2.24) is 4.31 Å². The van der Waals surface area contributed by atoms with Crippen molar-refractivity contribution >= 4 is 33.2 Å². The zero-order valence-corrected chi connectivity index (χ0v) is 17.4. The van der Waals surface area contributed by atoms with E-state index in [2.05, 4.69) is 5.32 Å². The number of nitrogens with one attached hydrogen (secondary N) is 1. The summed E-state index contributed by atoms with van der Waals surface area (Å²) in [6.45, 7) is 4.54. The summed E-state index contributed by atoms with van der Waals surface area (Å²) in [4.78, 5) is 12.8. The summed E-state index contributed by atoms with van der Waals surface area (Å²) in [5.41, 5.74) is 1.25. The zero-order chi connectivity index (χ0) is 20.3. The van der Waals surface area contributed by atoms with Crippen molar-refractivity contribution in [3.63, 3.8) is 0 Å². The van der Waals surface area contributed by atoms with Gasteiger partial charge in [0.25, 0.3) is 0 Å². The standard InChI is InChI=1S/C20H23ClN2O4S/c1-3-23(4-2)28(25,26)16-9-10-17(21)18(12-16)22-20(24)15-11-14-7-5-6-8-19(14)27-13-15/h5-10,12,15H,3-4,11,13H2,1-2H3,(H,22,24). The number of sulfonamides is 1. The lowest BCUT2D eigenvalue weighted by molar-refractivity contribution is -0.121. The molecule has 0 aromatic heterocycles. The van der Waals surface area contributed by atoms with Crippen LogP contribution in [0.25, 0.3) is 0 Å². The van der Waals surface area contributed by atoms with Gasteiger partial charge in [-0.3, -0.25) is 4.79 Å². The van der Waals surface area contributed by atoms with E-state index in [9.17, 15) is 13.2 Å². The number of rotatable bonds is 6. The minimum absolute atomic E-state index is 0.0983. The van der Waals surface area contributed by atoms with Crippen LogP contribution < -0.4 is 10.1 Å². The van der Waals surface area contributed by atoms with Crippen LogP contribution in [0.2, 0.25) is 5.02 Å². The number of amides is 1. The molecular weight excluding hydrogens is 400 g/mol. The number of halogens is 1. The Hall–Kier alpha value is -2.09. The normalized spacial score (nSPS) is 16.4. The van der Waals surface area contributed by atoms with Crippen LogP contribution in [0, 0.1) is 5.92 Å². The molecule has 2 aromatic rings. The van der Waals surface area contributed by atoms with Gasteiger partial charge in [-0.15, -0.1) is 0 Å². The highest BCUT2D eigenvalue weighted by atomic mass is 35.5. The molecule has 1 heterocycles. The van der Waals surface area contributed by atoms with E-state index in [1.54, 1.807) is 13.8 Å². The van der Waals surface area contributed by atoms with Crippen molar-refractivity contribution in [2.45, 2.75) is 25.2 Å². The smallest absolute Gasteiger partial charge is 0.243 e. The first kappa shape index (κ1) is 20.6. The highest BCUT2D eigenvalue weighted by Crippen LogP contribution is 2.30. The Morgan fingerprint density at radius 3 is 2.64 bits per heavy atom. The molecule has 0 aliphatic carbocycles. The second kappa shape index (κ2) is 8.51. The van der Waals surface area contributed by atoms with Crippen LogP contribution in [0.15, 0.2) is 47.4 Å². The summed E-state index contributed by atoms with van der Waals surface area (Å²) in [5.74, 6) is 0.152. The average Bonchev–Trinajstić information content (AvgIpc) is 2.69. The van der Waals surface area contributed by atoms with Crippen LogP contribution in [-0.4, -0.2) is 38.3 Å². The number of benzene rings is 2. The van der Waals surface area contributed by atoms with Crippen molar-refractivity contribution < 1.29 is 17.9 Å². The predicted molar refractivity (Wildman–Crippen MR) is 109 cm³/mol.